The highest BCUT2D eigenvalue weighted by Crippen LogP contribution is 2.25. The van der Waals surface area contributed by atoms with Crippen LogP contribution in [-0.2, 0) is 11.8 Å². The van der Waals surface area contributed by atoms with Crippen LogP contribution in [0.4, 0.5) is 5.69 Å². The molecule has 2 aromatic carbocycles. The number of nitrogens with one attached hydrogen (secondary N) is 1. The third kappa shape index (κ3) is 5.20. The topological polar surface area (TPSA) is 125 Å². The van der Waals surface area contributed by atoms with E-state index in [1.54, 1.807) is 36.9 Å². The van der Waals surface area contributed by atoms with Gasteiger partial charge in [0.1, 0.15) is 5.75 Å². The molecule has 1 heterocycles. The van der Waals surface area contributed by atoms with E-state index < -0.39 is 4.92 Å². The highest BCUT2D eigenvalue weighted by atomic mass is 32.2. The molecule has 0 aliphatic heterocycles. The van der Waals surface area contributed by atoms with Crippen LogP contribution in [0.2, 0.25) is 0 Å². The first-order valence-electron chi connectivity index (χ1n) is 8.71. The molecule has 0 fully saturated rings. The largest absolute Gasteiger partial charge is 0.497 e. The molecule has 0 aliphatic rings. The number of hydrazone groups is 1. The average molecular weight is 426 g/mol. The number of hydrogen-bond acceptors (Lipinski definition) is 8. The van der Waals surface area contributed by atoms with E-state index in [1.807, 2.05) is 18.2 Å². The van der Waals surface area contributed by atoms with Gasteiger partial charge in [-0.25, -0.2) is 5.43 Å². The Morgan fingerprint density at radius 3 is 2.87 bits per heavy atom. The summed E-state index contributed by atoms with van der Waals surface area (Å²) in [5.41, 5.74) is 3.78. The molecule has 1 aromatic heterocycles. The SMILES string of the molecule is COc1cccc(/C=N/NC(=O)CSc2nnc(-c3cccc([N+](=O)[O-])c3)n2C)c1. The van der Waals surface area contributed by atoms with Crippen LogP contribution in [0.1, 0.15) is 5.56 Å². The molecule has 0 bridgehead atoms. The predicted molar refractivity (Wildman–Crippen MR) is 113 cm³/mol. The summed E-state index contributed by atoms with van der Waals surface area (Å²) >= 11 is 1.18. The first-order valence-corrected chi connectivity index (χ1v) is 9.69. The highest BCUT2D eigenvalue weighted by Gasteiger charge is 2.15. The zero-order chi connectivity index (χ0) is 21.5. The Balaban J connectivity index is 1.58. The zero-order valence-corrected chi connectivity index (χ0v) is 17.0. The van der Waals surface area contributed by atoms with Gasteiger partial charge in [0.05, 0.1) is 24.0 Å². The van der Waals surface area contributed by atoms with Crippen molar-refractivity contribution in [2.24, 2.45) is 12.1 Å². The molecule has 11 heteroatoms. The number of non-ortho nitro benzene ring substituents is 1. The van der Waals surface area contributed by atoms with Crippen LogP contribution in [0.3, 0.4) is 0 Å². The Morgan fingerprint density at radius 1 is 1.30 bits per heavy atom. The normalized spacial score (nSPS) is 10.9. The Bertz CT molecular complexity index is 1100. The monoisotopic (exact) mass is 426 g/mol. The standard InChI is InChI=1S/C19H18N6O4S/c1-24-18(14-6-4-7-15(10-14)25(27)28)22-23-19(24)30-12-17(26)21-20-11-13-5-3-8-16(9-13)29-2/h3-11H,12H2,1-2H3,(H,21,26)/b20-11+. The minimum absolute atomic E-state index is 0.0296. The molecular weight excluding hydrogens is 408 g/mol. The van der Waals surface area contributed by atoms with Crippen LogP contribution in [-0.4, -0.2) is 44.7 Å². The number of nitrogens with zero attached hydrogens (tertiary/aromatic N) is 5. The van der Waals surface area contributed by atoms with Gasteiger partial charge in [-0.05, 0) is 17.7 Å². The van der Waals surface area contributed by atoms with Crippen LogP contribution in [0.25, 0.3) is 11.4 Å². The predicted octanol–water partition coefficient (Wildman–Crippen LogP) is 2.64. The molecule has 1 N–H and O–H groups in total. The number of benzene rings is 2. The summed E-state index contributed by atoms with van der Waals surface area (Å²) in [6, 6.07) is 13.4. The molecule has 3 aromatic rings. The molecule has 3 rings (SSSR count). The summed E-state index contributed by atoms with van der Waals surface area (Å²) in [6.07, 6.45) is 1.52. The first-order chi connectivity index (χ1) is 14.5. The summed E-state index contributed by atoms with van der Waals surface area (Å²) in [5, 5.41) is 23.5. The smallest absolute Gasteiger partial charge is 0.270 e. The fraction of sp³-hybridized carbons (Fsp3) is 0.158. The summed E-state index contributed by atoms with van der Waals surface area (Å²) in [7, 11) is 3.31. The summed E-state index contributed by atoms with van der Waals surface area (Å²) in [4.78, 5) is 22.5. The van der Waals surface area contributed by atoms with Crippen LogP contribution in [0.5, 0.6) is 5.75 Å². The third-order valence-electron chi connectivity index (χ3n) is 3.98. The van der Waals surface area contributed by atoms with E-state index >= 15 is 0 Å². The minimum atomic E-state index is -0.466. The molecule has 0 radical (unpaired) electrons. The van der Waals surface area contributed by atoms with Crippen molar-refractivity contribution in [1.29, 1.82) is 0 Å². The Labute approximate surface area is 176 Å². The van der Waals surface area contributed by atoms with Crippen molar-refractivity contribution in [3.05, 3.63) is 64.2 Å². The lowest BCUT2D eigenvalue weighted by Crippen LogP contribution is -2.19. The van der Waals surface area contributed by atoms with Gasteiger partial charge < -0.3 is 9.30 Å². The number of nitro groups is 1. The van der Waals surface area contributed by atoms with Gasteiger partial charge in [0, 0.05) is 24.7 Å². The molecule has 0 aliphatic carbocycles. The molecule has 154 valence electrons. The number of thioether (sulfide) groups is 1. The van der Waals surface area contributed by atoms with Crippen molar-refractivity contribution >= 4 is 29.6 Å². The number of hydrogen-bond donors (Lipinski definition) is 1. The van der Waals surface area contributed by atoms with E-state index in [4.69, 9.17) is 4.74 Å². The molecule has 10 nitrogen and oxygen atoms in total. The maximum atomic E-state index is 12.0. The van der Waals surface area contributed by atoms with Gasteiger partial charge in [-0.1, -0.05) is 36.0 Å². The quantitative estimate of drug-likeness (QED) is 0.254. The number of aromatic nitrogens is 3. The van der Waals surface area contributed by atoms with Gasteiger partial charge in [0.2, 0.25) is 0 Å². The molecular formula is C19H18N6O4S. The van der Waals surface area contributed by atoms with Gasteiger partial charge in [0.15, 0.2) is 11.0 Å². The van der Waals surface area contributed by atoms with Gasteiger partial charge in [0.25, 0.3) is 11.6 Å². The number of rotatable bonds is 8. The number of carbonyl (C=O) groups is 1. The molecule has 1 amide bonds. The van der Waals surface area contributed by atoms with Crippen LogP contribution >= 0.6 is 11.8 Å². The molecule has 0 saturated heterocycles. The molecule has 0 unspecified atom stereocenters. The minimum Gasteiger partial charge on any atom is -0.497 e. The lowest BCUT2D eigenvalue weighted by molar-refractivity contribution is -0.384. The lowest BCUT2D eigenvalue weighted by atomic mass is 10.2. The van der Waals surface area contributed by atoms with Gasteiger partial charge in [-0.2, -0.15) is 5.10 Å². The second kappa shape index (κ2) is 9.65. The maximum Gasteiger partial charge on any atom is 0.270 e. The van der Waals surface area contributed by atoms with E-state index in [0.29, 0.717) is 22.3 Å². The first kappa shape index (κ1) is 21.0. The second-order valence-corrected chi connectivity index (χ2v) is 6.97. The number of nitro benzene ring substituents is 1. The number of carbonyl (C=O) groups excluding carboxylic acids is 1. The molecule has 30 heavy (non-hydrogen) atoms. The van der Waals surface area contributed by atoms with Crippen molar-refractivity contribution < 1.29 is 14.5 Å². The second-order valence-electron chi connectivity index (χ2n) is 6.03. The zero-order valence-electron chi connectivity index (χ0n) is 16.2. The van der Waals surface area contributed by atoms with Gasteiger partial charge >= 0.3 is 0 Å². The number of amides is 1. The average Bonchev–Trinajstić information content (AvgIpc) is 3.12. The van der Waals surface area contributed by atoms with Crippen LogP contribution in [0.15, 0.2) is 58.8 Å². The van der Waals surface area contributed by atoms with Crippen LogP contribution < -0.4 is 10.2 Å². The maximum absolute atomic E-state index is 12.0. The van der Waals surface area contributed by atoms with Gasteiger partial charge in [-0.3, -0.25) is 14.9 Å². The van der Waals surface area contributed by atoms with E-state index in [0.717, 1.165) is 5.56 Å². The van der Waals surface area contributed by atoms with E-state index in [-0.39, 0.29) is 17.3 Å². The summed E-state index contributed by atoms with van der Waals surface area (Å²) in [5.74, 6) is 0.940. The fourth-order valence-electron chi connectivity index (χ4n) is 2.51. The van der Waals surface area contributed by atoms with E-state index in [9.17, 15) is 14.9 Å². The number of ether oxygens (including phenoxy) is 1. The Morgan fingerprint density at radius 2 is 2.10 bits per heavy atom. The molecule has 0 saturated carbocycles. The lowest BCUT2D eigenvalue weighted by Gasteiger charge is -2.04. The van der Waals surface area contributed by atoms with Gasteiger partial charge in [-0.15, -0.1) is 10.2 Å². The van der Waals surface area contributed by atoms with Crippen molar-refractivity contribution in [3.63, 3.8) is 0 Å². The van der Waals surface area contributed by atoms with E-state index in [1.165, 1.54) is 30.1 Å². The Hall–Kier alpha value is -3.73. The summed E-state index contributed by atoms with van der Waals surface area (Å²) < 4.78 is 6.81. The van der Waals surface area contributed by atoms with Crippen LogP contribution in [0, 0.1) is 10.1 Å². The highest BCUT2D eigenvalue weighted by molar-refractivity contribution is 7.99. The van der Waals surface area contributed by atoms with Crippen molar-refractivity contribution in [3.8, 4) is 17.1 Å². The van der Waals surface area contributed by atoms with Crippen molar-refractivity contribution in [2.45, 2.75) is 5.16 Å². The third-order valence-corrected chi connectivity index (χ3v) is 5.00. The fourth-order valence-corrected chi connectivity index (χ4v) is 3.22. The number of methoxy groups -OCH3 is 1. The Kier molecular flexibility index (Phi) is 6.75. The van der Waals surface area contributed by atoms with Crippen molar-refractivity contribution in [2.75, 3.05) is 12.9 Å². The molecule has 0 spiro atoms. The van der Waals surface area contributed by atoms with E-state index in [2.05, 4.69) is 20.7 Å². The van der Waals surface area contributed by atoms with Crippen molar-refractivity contribution in [1.82, 2.24) is 20.2 Å². The summed E-state index contributed by atoms with van der Waals surface area (Å²) in [6.45, 7) is 0. The molecule has 0 atom stereocenters.